The Bertz CT molecular complexity index is 1600. The molecule has 0 saturated heterocycles. The van der Waals surface area contributed by atoms with Gasteiger partial charge in [-0.15, -0.1) is 0 Å². The predicted octanol–water partition coefficient (Wildman–Crippen LogP) is 5.81. The molecule has 1 aliphatic rings. The zero-order valence-corrected chi connectivity index (χ0v) is 22.6. The summed E-state index contributed by atoms with van der Waals surface area (Å²) in [4.78, 5) is 41.0. The molecule has 0 amide bonds. The van der Waals surface area contributed by atoms with Crippen molar-refractivity contribution in [3.05, 3.63) is 99.3 Å². The summed E-state index contributed by atoms with van der Waals surface area (Å²) in [5.41, 5.74) is 3.25. The summed E-state index contributed by atoms with van der Waals surface area (Å²) in [5, 5.41) is 0. The van der Waals surface area contributed by atoms with Crippen molar-refractivity contribution in [1.29, 1.82) is 0 Å². The summed E-state index contributed by atoms with van der Waals surface area (Å²) in [5.74, 6) is -0.106. The van der Waals surface area contributed by atoms with Crippen molar-refractivity contribution < 1.29 is 28.6 Å². The number of rotatable bonds is 7. The first-order valence-corrected chi connectivity index (χ1v) is 12.8. The molecule has 4 aromatic rings. The average Bonchev–Trinajstić information content (AvgIpc) is 3.26. The highest BCUT2D eigenvalue weighted by atomic mass is 79.9. The van der Waals surface area contributed by atoms with Gasteiger partial charge in [-0.3, -0.25) is 14.4 Å². The van der Waals surface area contributed by atoms with E-state index in [9.17, 15) is 14.4 Å². The minimum Gasteiger partial charge on any atom is -0.493 e. The van der Waals surface area contributed by atoms with Gasteiger partial charge in [0.25, 0.3) is 0 Å². The van der Waals surface area contributed by atoms with E-state index in [4.69, 9.17) is 14.2 Å². The van der Waals surface area contributed by atoms with E-state index >= 15 is 0 Å². The lowest BCUT2D eigenvalue weighted by Crippen LogP contribution is -2.23. The maximum absolute atomic E-state index is 14.1. The standard InChI is InChI=1S/C30H24BrNO6/c1-4-38-25(33)16-22-26(17-12-13-23(36-2)24(14-17)37-3)27-28(32(22)19-9-7-8-18(31)15-19)30(35)21-11-6-5-10-20(21)29(27)34/h5-15H,4,16H2,1-3H3. The third-order valence-electron chi connectivity index (χ3n) is 6.48. The molecule has 1 heterocycles. The van der Waals surface area contributed by atoms with E-state index in [0.717, 1.165) is 4.47 Å². The van der Waals surface area contributed by atoms with Gasteiger partial charge in [-0.05, 0) is 42.8 Å². The van der Waals surface area contributed by atoms with Crippen molar-refractivity contribution in [3.63, 3.8) is 0 Å². The van der Waals surface area contributed by atoms with Crippen LogP contribution in [0.15, 0.2) is 71.2 Å². The second-order valence-electron chi connectivity index (χ2n) is 8.62. The summed E-state index contributed by atoms with van der Waals surface area (Å²) in [7, 11) is 3.06. The van der Waals surface area contributed by atoms with Crippen LogP contribution in [-0.4, -0.2) is 42.9 Å². The number of ether oxygens (including phenoxy) is 3. The van der Waals surface area contributed by atoms with Crippen LogP contribution in [0.25, 0.3) is 16.8 Å². The molecule has 5 rings (SSSR count). The molecule has 0 bridgehead atoms. The van der Waals surface area contributed by atoms with Crippen LogP contribution in [0.4, 0.5) is 0 Å². The zero-order valence-electron chi connectivity index (χ0n) is 21.0. The number of benzene rings is 3. The van der Waals surface area contributed by atoms with E-state index < -0.39 is 5.97 Å². The van der Waals surface area contributed by atoms with Gasteiger partial charge in [0.1, 0.15) is 5.69 Å². The fraction of sp³-hybridized carbons (Fsp3) is 0.167. The lowest BCUT2D eigenvalue weighted by atomic mass is 9.84. The van der Waals surface area contributed by atoms with Crippen molar-refractivity contribution in [2.45, 2.75) is 13.3 Å². The monoisotopic (exact) mass is 573 g/mol. The number of carbonyl (C=O) groups is 3. The van der Waals surface area contributed by atoms with Crippen LogP contribution >= 0.6 is 15.9 Å². The lowest BCUT2D eigenvalue weighted by Gasteiger charge is -2.18. The van der Waals surface area contributed by atoms with Crippen LogP contribution in [0.1, 0.15) is 44.6 Å². The van der Waals surface area contributed by atoms with Crippen LogP contribution in [0.2, 0.25) is 0 Å². The first-order chi connectivity index (χ1) is 18.4. The molecular formula is C30H24BrNO6. The number of hydrogen-bond donors (Lipinski definition) is 0. The molecule has 8 heteroatoms. The van der Waals surface area contributed by atoms with Crippen LogP contribution in [0.3, 0.4) is 0 Å². The zero-order chi connectivity index (χ0) is 27.0. The highest BCUT2D eigenvalue weighted by Gasteiger charge is 2.39. The predicted molar refractivity (Wildman–Crippen MR) is 146 cm³/mol. The number of fused-ring (bicyclic) bond motifs is 2. The van der Waals surface area contributed by atoms with E-state index in [2.05, 4.69) is 15.9 Å². The maximum atomic E-state index is 14.1. The molecule has 0 unspecified atom stereocenters. The maximum Gasteiger partial charge on any atom is 0.311 e. The number of ketones is 2. The fourth-order valence-electron chi connectivity index (χ4n) is 4.92. The lowest BCUT2D eigenvalue weighted by molar-refractivity contribution is -0.142. The van der Waals surface area contributed by atoms with Gasteiger partial charge in [-0.1, -0.05) is 52.3 Å². The van der Waals surface area contributed by atoms with Gasteiger partial charge >= 0.3 is 5.97 Å². The normalized spacial score (nSPS) is 12.1. The molecule has 0 atom stereocenters. The van der Waals surface area contributed by atoms with E-state index in [1.165, 1.54) is 14.2 Å². The Kier molecular flexibility index (Phi) is 6.91. The Labute approximate surface area is 228 Å². The topological polar surface area (TPSA) is 83.8 Å². The second kappa shape index (κ2) is 10.3. The highest BCUT2D eigenvalue weighted by Crippen LogP contribution is 2.43. The minimum absolute atomic E-state index is 0.159. The number of methoxy groups -OCH3 is 2. The van der Waals surface area contributed by atoms with Gasteiger partial charge in [-0.25, -0.2) is 0 Å². The van der Waals surface area contributed by atoms with E-state index in [1.807, 2.05) is 24.3 Å². The van der Waals surface area contributed by atoms with Crippen molar-refractivity contribution in [2.75, 3.05) is 20.8 Å². The van der Waals surface area contributed by atoms with Gasteiger partial charge in [0, 0.05) is 32.5 Å². The van der Waals surface area contributed by atoms with Crippen molar-refractivity contribution in [1.82, 2.24) is 4.57 Å². The van der Waals surface area contributed by atoms with E-state index in [0.29, 0.717) is 45.1 Å². The summed E-state index contributed by atoms with van der Waals surface area (Å²) in [6, 6.07) is 19.4. The summed E-state index contributed by atoms with van der Waals surface area (Å²) >= 11 is 3.51. The third-order valence-corrected chi connectivity index (χ3v) is 6.98. The number of esters is 1. The number of halogens is 1. The molecule has 0 spiro atoms. The molecule has 0 radical (unpaired) electrons. The number of hydrogen-bond acceptors (Lipinski definition) is 6. The Balaban J connectivity index is 1.91. The number of nitrogens with zero attached hydrogens (tertiary/aromatic N) is 1. The Morgan fingerprint density at radius 3 is 2.21 bits per heavy atom. The van der Waals surface area contributed by atoms with E-state index in [-0.39, 0.29) is 35.9 Å². The number of carbonyl (C=O) groups excluding carboxylic acids is 3. The number of aromatic nitrogens is 1. The first-order valence-electron chi connectivity index (χ1n) is 12.0. The summed E-state index contributed by atoms with van der Waals surface area (Å²) in [6.45, 7) is 1.93. The van der Waals surface area contributed by atoms with Crippen LogP contribution in [0.5, 0.6) is 11.5 Å². The van der Waals surface area contributed by atoms with E-state index in [1.54, 1.807) is 54.0 Å². The van der Waals surface area contributed by atoms with Gasteiger partial charge in [-0.2, -0.15) is 0 Å². The SMILES string of the molecule is CCOC(=O)Cc1c(-c2ccc(OC)c(OC)c2)c2c(n1-c1cccc(Br)c1)C(=O)c1ccccc1C2=O. The summed E-state index contributed by atoms with van der Waals surface area (Å²) in [6.07, 6.45) is -0.159. The molecule has 0 fully saturated rings. The minimum atomic E-state index is -0.474. The fourth-order valence-corrected chi connectivity index (χ4v) is 5.30. The molecule has 1 aliphatic carbocycles. The quantitative estimate of drug-likeness (QED) is 0.229. The molecule has 3 aromatic carbocycles. The molecule has 0 saturated carbocycles. The van der Waals surface area contributed by atoms with Crippen LogP contribution in [-0.2, 0) is 16.0 Å². The van der Waals surface area contributed by atoms with Gasteiger partial charge < -0.3 is 18.8 Å². The van der Waals surface area contributed by atoms with Gasteiger partial charge in [0.2, 0.25) is 5.78 Å². The van der Waals surface area contributed by atoms with Crippen molar-refractivity contribution in [2.24, 2.45) is 0 Å². The molecule has 1 aromatic heterocycles. The molecule has 38 heavy (non-hydrogen) atoms. The molecular weight excluding hydrogens is 550 g/mol. The Morgan fingerprint density at radius 1 is 0.842 bits per heavy atom. The molecule has 0 N–H and O–H groups in total. The Hall–Kier alpha value is -4.17. The van der Waals surface area contributed by atoms with Gasteiger partial charge in [0.15, 0.2) is 17.3 Å². The Morgan fingerprint density at radius 2 is 1.55 bits per heavy atom. The van der Waals surface area contributed by atoms with Crippen LogP contribution in [0, 0.1) is 0 Å². The smallest absolute Gasteiger partial charge is 0.311 e. The molecule has 192 valence electrons. The van der Waals surface area contributed by atoms with Crippen LogP contribution < -0.4 is 9.47 Å². The molecule has 0 aliphatic heterocycles. The third kappa shape index (κ3) is 4.20. The first kappa shape index (κ1) is 25.5. The van der Waals surface area contributed by atoms with Crippen molar-refractivity contribution in [3.8, 4) is 28.3 Å². The average molecular weight is 574 g/mol. The molecule has 7 nitrogen and oxygen atoms in total. The largest absolute Gasteiger partial charge is 0.493 e. The van der Waals surface area contributed by atoms with Crippen molar-refractivity contribution >= 4 is 33.5 Å². The summed E-state index contributed by atoms with van der Waals surface area (Å²) < 4.78 is 18.7. The van der Waals surface area contributed by atoms with Gasteiger partial charge in [0.05, 0.1) is 32.8 Å². The second-order valence-corrected chi connectivity index (χ2v) is 9.53. The highest BCUT2D eigenvalue weighted by molar-refractivity contribution is 9.10.